The van der Waals surface area contributed by atoms with E-state index in [1.54, 1.807) is 13.3 Å². The van der Waals surface area contributed by atoms with E-state index in [1.807, 2.05) is 25.1 Å². The summed E-state index contributed by atoms with van der Waals surface area (Å²) in [5, 5.41) is 0. The quantitative estimate of drug-likeness (QED) is 0.877. The molecule has 0 radical (unpaired) electrons. The van der Waals surface area contributed by atoms with Crippen LogP contribution in [0.4, 0.5) is 11.8 Å². The molecule has 1 heterocycles. The molecule has 0 atom stereocenters. The third-order valence-corrected chi connectivity index (χ3v) is 2.84. The maximum absolute atomic E-state index is 5.83. The zero-order valence-electron chi connectivity index (χ0n) is 12.0. The van der Waals surface area contributed by atoms with Crippen LogP contribution in [0.2, 0.25) is 0 Å². The van der Waals surface area contributed by atoms with Crippen LogP contribution in [0.1, 0.15) is 18.1 Å². The second kappa shape index (κ2) is 7.54. The summed E-state index contributed by atoms with van der Waals surface area (Å²) >= 11 is 0. The van der Waals surface area contributed by atoms with E-state index in [0.717, 1.165) is 11.1 Å². The van der Waals surface area contributed by atoms with Gasteiger partial charge in [-0.15, -0.1) is 12.4 Å². The summed E-state index contributed by atoms with van der Waals surface area (Å²) in [7, 11) is 1.61. The predicted molar refractivity (Wildman–Crippen MR) is 85.1 cm³/mol. The largest absolute Gasteiger partial charge is 0.493 e. The molecule has 0 aliphatic carbocycles. The molecule has 1 aromatic carbocycles. The number of hydrogen-bond acceptors (Lipinski definition) is 6. The minimum absolute atomic E-state index is 0. The van der Waals surface area contributed by atoms with Crippen molar-refractivity contribution in [1.29, 1.82) is 0 Å². The first-order valence-electron chi connectivity index (χ1n) is 6.30. The standard InChI is InChI=1S/C14H18N4O2.ClH/c1-3-20-12-7-9(4-5-11(12)19-2)6-10-8-17-14(16)18-13(10)15;/h4-5,7-8H,3,6H2,1-2H3,(H4,15,16,17,18);1H. The fourth-order valence-corrected chi connectivity index (χ4v) is 1.89. The molecular formula is C14H19ClN4O2. The number of halogens is 1. The molecule has 2 rings (SSSR count). The Balaban J connectivity index is 0.00000220. The van der Waals surface area contributed by atoms with E-state index in [-0.39, 0.29) is 18.4 Å². The van der Waals surface area contributed by atoms with E-state index < -0.39 is 0 Å². The summed E-state index contributed by atoms with van der Waals surface area (Å²) in [6, 6.07) is 5.75. The second-order valence-electron chi connectivity index (χ2n) is 4.23. The second-order valence-corrected chi connectivity index (χ2v) is 4.23. The van der Waals surface area contributed by atoms with Crippen molar-refractivity contribution in [3.05, 3.63) is 35.5 Å². The average molecular weight is 311 g/mol. The number of rotatable bonds is 5. The summed E-state index contributed by atoms with van der Waals surface area (Å²) in [5.41, 5.74) is 13.2. The van der Waals surface area contributed by atoms with Crippen molar-refractivity contribution in [1.82, 2.24) is 9.97 Å². The Morgan fingerprint density at radius 3 is 2.57 bits per heavy atom. The summed E-state index contributed by atoms with van der Waals surface area (Å²) in [5.74, 6) is 1.99. The molecule has 7 heteroatoms. The topological polar surface area (TPSA) is 96.3 Å². The lowest BCUT2D eigenvalue weighted by Crippen LogP contribution is -2.04. The van der Waals surface area contributed by atoms with Crippen LogP contribution >= 0.6 is 12.4 Å². The van der Waals surface area contributed by atoms with Gasteiger partial charge in [0.25, 0.3) is 0 Å². The van der Waals surface area contributed by atoms with Crippen LogP contribution in [0.25, 0.3) is 0 Å². The molecule has 21 heavy (non-hydrogen) atoms. The molecule has 0 aliphatic rings. The molecule has 2 aromatic rings. The van der Waals surface area contributed by atoms with Gasteiger partial charge in [0.15, 0.2) is 11.5 Å². The van der Waals surface area contributed by atoms with Gasteiger partial charge in [-0.05, 0) is 24.6 Å². The maximum atomic E-state index is 5.83. The molecule has 0 saturated heterocycles. The zero-order chi connectivity index (χ0) is 14.5. The third-order valence-electron chi connectivity index (χ3n) is 2.84. The van der Waals surface area contributed by atoms with Crippen molar-refractivity contribution in [2.45, 2.75) is 13.3 Å². The van der Waals surface area contributed by atoms with E-state index in [2.05, 4.69) is 9.97 Å². The number of hydrogen-bond donors (Lipinski definition) is 2. The summed E-state index contributed by atoms with van der Waals surface area (Å²) in [6.45, 7) is 2.50. The van der Waals surface area contributed by atoms with E-state index in [0.29, 0.717) is 30.3 Å². The fourth-order valence-electron chi connectivity index (χ4n) is 1.89. The Labute approximate surface area is 129 Å². The van der Waals surface area contributed by atoms with Gasteiger partial charge in [-0.25, -0.2) is 4.98 Å². The molecule has 0 bridgehead atoms. The minimum Gasteiger partial charge on any atom is -0.493 e. The molecule has 0 fully saturated rings. The van der Waals surface area contributed by atoms with Crippen LogP contribution in [0, 0.1) is 0 Å². The van der Waals surface area contributed by atoms with Gasteiger partial charge in [0.05, 0.1) is 13.7 Å². The Kier molecular flexibility index (Phi) is 6.05. The lowest BCUT2D eigenvalue weighted by molar-refractivity contribution is 0.310. The Morgan fingerprint density at radius 2 is 1.95 bits per heavy atom. The maximum Gasteiger partial charge on any atom is 0.221 e. The van der Waals surface area contributed by atoms with Gasteiger partial charge in [-0.1, -0.05) is 6.07 Å². The zero-order valence-corrected chi connectivity index (χ0v) is 12.8. The Morgan fingerprint density at radius 1 is 1.19 bits per heavy atom. The fraction of sp³-hybridized carbons (Fsp3) is 0.286. The van der Waals surface area contributed by atoms with Gasteiger partial charge < -0.3 is 20.9 Å². The number of nitrogen functional groups attached to an aromatic ring is 2. The first kappa shape index (κ1) is 16.8. The van der Waals surface area contributed by atoms with E-state index in [4.69, 9.17) is 20.9 Å². The molecule has 1 aromatic heterocycles. The van der Waals surface area contributed by atoms with Crippen molar-refractivity contribution in [2.75, 3.05) is 25.2 Å². The highest BCUT2D eigenvalue weighted by atomic mass is 35.5. The number of nitrogens with two attached hydrogens (primary N) is 2. The predicted octanol–water partition coefficient (Wildman–Crippen LogP) is 2.06. The highest BCUT2D eigenvalue weighted by Crippen LogP contribution is 2.29. The Bertz CT molecular complexity index is 608. The first-order valence-corrected chi connectivity index (χ1v) is 6.30. The molecule has 0 aliphatic heterocycles. The lowest BCUT2D eigenvalue weighted by Gasteiger charge is -2.11. The molecular weight excluding hydrogens is 292 g/mol. The molecule has 0 amide bonds. The number of methoxy groups -OCH3 is 1. The smallest absolute Gasteiger partial charge is 0.221 e. The molecule has 0 unspecified atom stereocenters. The summed E-state index contributed by atoms with van der Waals surface area (Å²) in [4.78, 5) is 7.91. The van der Waals surface area contributed by atoms with Crippen molar-refractivity contribution in [2.24, 2.45) is 0 Å². The summed E-state index contributed by atoms with van der Waals surface area (Å²) in [6.07, 6.45) is 2.25. The number of ether oxygens (including phenoxy) is 2. The van der Waals surface area contributed by atoms with Crippen molar-refractivity contribution in [3.8, 4) is 11.5 Å². The highest BCUT2D eigenvalue weighted by molar-refractivity contribution is 5.85. The normalized spacial score (nSPS) is 9.81. The van der Waals surface area contributed by atoms with Crippen LogP contribution < -0.4 is 20.9 Å². The van der Waals surface area contributed by atoms with Crippen LogP contribution in [-0.4, -0.2) is 23.7 Å². The van der Waals surface area contributed by atoms with Gasteiger partial charge >= 0.3 is 0 Å². The van der Waals surface area contributed by atoms with Crippen molar-refractivity contribution < 1.29 is 9.47 Å². The summed E-state index contributed by atoms with van der Waals surface area (Å²) < 4.78 is 10.8. The van der Waals surface area contributed by atoms with E-state index >= 15 is 0 Å². The monoisotopic (exact) mass is 310 g/mol. The average Bonchev–Trinajstić information content (AvgIpc) is 2.43. The third kappa shape index (κ3) is 4.13. The highest BCUT2D eigenvalue weighted by Gasteiger charge is 2.08. The molecule has 6 nitrogen and oxygen atoms in total. The van der Waals surface area contributed by atoms with E-state index in [9.17, 15) is 0 Å². The number of aromatic nitrogens is 2. The number of nitrogens with zero attached hydrogens (tertiary/aromatic N) is 2. The van der Waals surface area contributed by atoms with Crippen LogP contribution in [0.3, 0.4) is 0 Å². The van der Waals surface area contributed by atoms with Crippen molar-refractivity contribution >= 4 is 24.2 Å². The molecule has 0 saturated carbocycles. The number of benzene rings is 1. The van der Waals surface area contributed by atoms with Crippen LogP contribution in [-0.2, 0) is 6.42 Å². The molecule has 114 valence electrons. The minimum atomic E-state index is 0. The van der Waals surface area contributed by atoms with Gasteiger partial charge in [0, 0.05) is 18.2 Å². The number of anilines is 2. The van der Waals surface area contributed by atoms with Crippen molar-refractivity contribution in [3.63, 3.8) is 0 Å². The van der Waals surface area contributed by atoms with Gasteiger partial charge in [0.1, 0.15) is 5.82 Å². The first-order chi connectivity index (χ1) is 9.63. The van der Waals surface area contributed by atoms with E-state index in [1.165, 1.54) is 0 Å². The molecule has 0 spiro atoms. The van der Waals surface area contributed by atoms with Gasteiger partial charge in [-0.2, -0.15) is 4.98 Å². The van der Waals surface area contributed by atoms with Gasteiger partial charge in [-0.3, -0.25) is 0 Å². The SMILES string of the molecule is CCOc1cc(Cc2cnc(N)nc2N)ccc1OC.Cl. The van der Waals surface area contributed by atoms with Crippen LogP contribution in [0.5, 0.6) is 11.5 Å². The molecule has 4 N–H and O–H groups in total. The Hall–Kier alpha value is -2.21. The lowest BCUT2D eigenvalue weighted by atomic mass is 10.1. The van der Waals surface area contributed by atoms with Gasteiger partial charge in [0.2, 0.25) is 5.95 Å². The van der Waals surface area contributed by atoms with Crippen LogP contribution in [0.15, 0.2) is 24.4 Å².